The highest BCUT2D eigenvalue weighted by Gasteiger charge is 2.06. The van der Waals surface area contributed by atoms with Gasteiger partial charge >= 0.3 is 0 Å². The van der Waals surface area contributed by atoms with Gasteiger partial charge in [0.15, 0.2) is 0 Å². The third-order valence-corrected chi connectivity index (χ3v) is 1.52. The lowest BCUT2D eigenvalue weighted by Crippen LogP contribution is -2.30. The second-order valence-electron chi connectivity index (χ2n) is 3.27. The lowest BCUT2D eigenvalue weighted by molar-refractivity contribution is -0.128. The third-order valence-electron chi connectivity index (χ3n) is 1.52. The molecular formula is C17H35N5O2. The summed E-state index contributed by atoms with van der Waals surface area (Å²) in [5.41, 5.74) is 4.47. The Balaban J connectivity index is -0.0000000414. The molecule has 24 heavy (non-hydrogen) atoms. The van der Waals surface area contributed by atoms with Crippen molar-refractivity contribution in [1.29, 1.82) is 15.8 Å². The predicted octanol–water partition coefficient (Wildman–Crippen LogP) is 3.39. The lowest BCUT2D eigenvalue weighted by atomic mass is 10.3. The van der Waals surface area contributed by atoms with E-state index in [0.717, 1.165) is 0 Å². The van der Waals surface area contributed by atoms with Crippen LogP contribution in [0, 0.1) is 34.0 Å². The van der Waals surface area contributed by atoms with Gasteiger partial charge in [-0.15, -0.1) is 0 Å². The van der Waals surface area contributed by atoms with E-state index in [1.54, 1.807) is 6.07 Å². The minimum Gasteiger partial charge on any atom is -0.370 e. The van der Waals surface area contributed by atoms with Crippen molar-refractivity contribution in [3.8, 4) is 18.2 Å². The molecule has 0 aliphatic carbocycles. The molecule has 0 saturated heterocycles. The smallest absolute Gasteiger partial charge is 0.219 e. The first-order valence-electron chi connectivity index (χ1n) is 5.63. The van der Waals surface area contributed by atoms with Crippen LogP contribution in [0.2, 0.25) is 0 Å². The summed E-state index contributed by atoms with van der Waals surface area (Å²) in [6, 6.07) is 5.60. The van der Waals surface area contributed by atoms with E-state index < -0.39 is 0 Å². The van der Waals surface area contributed by atoms with Crippen LogP contribution >= 0.6 is 0 Å². The minimum absolute atomic E-state index is 0. The molecule has 0 rings (SSSR count). The monoisotopic (exact) mass is 341 g/mol. The van der Waals surface area contributed by atoms with Gasteiger partial charge in [0.2, 0.25) is 11.8 Å². The molecule has 0 spiro atoms. The highest BCUT2D eigenvalue weighted by atomic mass is 16.2. The van der Waals surface area contributed by atoms with E-state index in [1.165, 1.54) is 24.8 Å². The van der Waals surface area contributed by atoms with E-state index in [9.17, 15) is 9.59 Å². The maximum Gasteiger partial charge on any atom is 0.219 e. The zero-order valence-corrected chi connectivity index (χ0v) is 11.8. The maximum absolute atomic E-state index is 10.9. The molecule has 7 heteroatoms. The normalized spacial score (nSPS) is 5.79. The zero-order chi connectivity index (χ0) is 16.4. The van der Waals surface area contributed by atoms with Gasteiger partial charge in [-0.2, -0.15) is 15.8 Å². The van der Waals surface area contributed by atoms with Crippen LogP contribution in [0.4, 0.5) is 0 Å². The van der Waals surface area contributed by atoms with Crippen molar-refractivity contribution >= 4 is 11.8 Å². The predicted molar refractivity (Wildman–Crippen MR) is 100 cm³/mol. The van der Waals surface area contributed by atoms with Gasteiger partial charge in [-0.05, 0) is 0 Å². The van der Waals surface area contributed by atoms with Crippen molar-refractivity contribution in [2.24, 2.45) is 5.73 Å². The van der Waals surface area contributed by atoms with Gasteiger partial charge < -0.3 is 10.6 Å². The fourth-order valence-corrected chi connectivity index (χ4v) is 0.797. The summed E-state index contributed by atoms with van der Waals surface area (Å²) in [4.78, 5) is 21.6. The molecule has 7 nitrogen and oxygen atoms in total. The zero-order valence-electron chi connectivity index (χ0n) is 11.8. The van der Waals surface area contributed by atoms with E-state index in [2.05, 4.69) is 12.3 Å². The van der Waals surface area contributed by atoms with Crippen LogP contribution in [0.3, 0.4) is 0 Å². The Hall–Kier alpha value is -2.85. The molecule has 2 N–H and O–H groups in total. The highest BCUT2D eigenvalue weighted by molar-refractivity contribution is 5.73. The number of amides is 2. The van der Waals surface area contributed by atoms with Crippen LogP contribution in [0.15, 0.2) is 12.7 Å². The summed E-state index contributed by atoms with van der Waals surface area (Å²) in [6.07, 6.45) is 1.83. The molecule has 0 aromatic carbocycles. The number of hydrogen-bond acceptors (Lipinski definition) is 5. The number of allylic oxidation sites excluding steroid dienone is 1. The van der Waals surface area contributed by atoms with Gasteiger partial charge in [-0.3, -0.25) is 9.59 Å². The minimum atomic E-state index is -0.333. The van der Waals surface area contributed by atoms with Crippen molar-refractivity contribution in [2.75, 3.05) is 13.1 Å². The largest absolute Gasteiger partial charge is 0.370 e. The number of nitrogens with zero attached hydrogens (tertiary/aromatic N) is 4. The number of rotatable bonds is 4. The number of nitrogens with two attached hydrogens (primary N) is 1. The Bertz CT molecular complexity index is 392. The Morgan fingerprint density at radius 1 is 1.00 bits per heavy atom. The van der Waals surface area contributed by atoms with Crippen LogP contribution < -0.4 is 5.73 Å². The SMILES string of the molecule is C.C.C.C.C=CC#N.CC(=O)N(CCC#N)CCC#N.CC(N)=O. The Morgan fingerprint density at radius 2 is 1.25 bits per heavy atom. The maximum atomic E-state index is 10.9. The van der Waals surface area contributed by atoms with Gasteiger partial charge in [0.25, 0.3) is 0 Å². The molecular weight excluding hydrogens is 306 g/mol. The second kappa shape index (κ2) is 36.9. The number of carbonyl (C=O) groups is 2. The molecule has 0 bridgehead atoms. The summed E-state index contributed by atoms with van der Waals surface area (Å²) in [5.74, 6) is -0.416. The van der Waals surface area contributed by atoms with Gasteiger partial charge in [-0.25, -0.2) is 0 Å². The van der Waals surface area contributed by atoms with Crippen molar-refractivity contribution in [3.05, 3.63) is 12.7 Å². The summed E-state index contributed by atoms with van der Waals surface area (Å²) < 4.78 is 0. The molecule has 0 radical (unpaired) electrons. The van der Waals surface area contributed by atoms with Crippen LogP contribution in [0.5, 0.6) is 0 Å². The van der Waals surface area contributed by atoms with Gasteiger partial charge in [0.1, 0.15) is 0 Å². The molecule has 0 saturated carbocycles. The van der Waals surface area contributed by atoms with E-state index in [4.69, 9.17) is 15.8 Å². The fraction of sp³-hybridized carbons (Fsp3) is 0.588. The van der Waals surface area contributed by atoms with E-state index in [0.29, 0.717) is 25.9 Å². The number of nitriles is 3. The summed E-state index contributed by atoms with van der Waals surface area (Å²) in [7, 11) is 0. The number of carbonyl (C=O) groups excluding carboxylic acids is 2. The molecule has 0 aromatic rings. The van der Waals surface area contributed by atoms with Crippen LogP contribution in [0.25, 0.3) is 0 Å². The number of primary amides is 1. The van der Waals surface area contributed by atoms with Crippen LogP contribution in [0.1, 0.15) is 56.4 Å². The first-order valence-corrected chi connectivity index (χ1v) is 5.63. The van der Waals surface area contributed by atoms with Gasteiger partial charge in [0, 0.05) is 33.0 Å². The quantitative estimate of drug-likeness (QED) is 0.782. The Labute approximate surface area is 149 Å². The van der Waals surface area contributed by atoms with Crippen molar-refractivity contribution in [2.45, 2.75) is 56.4 Å². The average Bonchev–Trinajstić information content (AvgIpc) is 2.38. The molecule has 0 fully saturated rings. The molecule has 0 aromatic heterocycles. The first kappa shape index (κ1) is 42.9. The first-order chi connectivity index (χ1) is 9.37. The van der Waals surface area contributed by atoms with Crippen molar-refractivity contribution in [3.63, 3.8) is 0 Å². The molecule has 0 unspecified atom stereocenters. The van der Waals surface area contributed by atoms with Crippen molar-refractivity contribution in [1.82, 2.24) is 4.90 Å². The fourth-order valence-electron chi connectivity index (χ4n) is 0.797. The van der Waals surface area contributed by atoms with Gasteiger partial charge in [-0.1, -0.05) is 36.3 Å². The average molecular weight is 342 g/mol. The van der Waals surface area contributed by atoms with E-state index in [-0.39, 0.29) is 41.5 Å². The van der Waals surface area contributed by atoms with Crippen LogP contribution in [-0.4, -0.2) is 29.8 Å². The molecule has 2 amide bonds. The summed E-state index contributed by atoms with van der Waals surface area (Å²) in [5, 5.41) is 24.0. The molecule has 0 aliphatic rings. The van der Waals surface area contributed by atoms with Crippen LogP contribution in [-0.2, 0) is 9.59 Å². The topological polar surface area (TPSA) is 135 Å². The van der Waals surface area contributed by atoms with E-state index in [1.807, 2.05) is 12.1 Å². The van der Waals surface area contributed by atoms with Gasteiger partial charge in [0.05, 0.1) is 31.0 Å². The van der Waals surface area contributed by atoms with Crippen molar-refractivity contribution < 1.29 is 9.59 Å². The third kappa shape index (κ3) is 61.2. The highest BCUT2D eigenvalue weighted by Crippen LogP contribution is 1.93. The standard InChI is InChI=1S/C8H11N3O.C3H3N.C2H5NO.4CH4/c1-8(12)11(6-2-4-9)7-3-5-10;1-2-3-4;1-2(3)4;;;;/h2-3,6-7H2,1H3;2H,1H2;1H3,(H2,3,4);4*1H4. The molecule has 0 atom stereocenters. The Morgan fingerprint density at radius 3 is 1.38 bits per heavy atom. The second-order valence-corrected chi connectivity index (χ2v) is 3.27. The lowest BCUT2D eigenvalue weighted by Gasteiger charge is -2.17. The Kier molecular flexibility index (Phi) is 66.0. The van der Waals surface area contributed by atoms with E-state index >= 15 is 0 Å². The molecule has 140 valence electrons. The molecule has 0 heterocycles. The number of hydrogen-bond donors (Lipinski definition) is 1. The molecule has 0 aliphatic heterocycles. The summed E-state index contributed by atoms with van der Waals surface area (Å²) >= 11 is 0. The summed E-state index contributed by atoms with van der Waals surface area (Å²) in [6.45, 7) is 6.71.